The number of nitrogens with zero attached hydrogens (tertiary/aromatic N) is 1. The lowest BCUT2D eigenvalue weighted by Crippen LogP contribution is -2.31. The lowest BCUT2D eigenvalue weighted by Gasteiger charge is -2.19. The molecule has 0 radical (unpaired) electrons. The molecule has 0 spiro atoms. The van der Waals surface area contributed by atoms with Gasteiger partial charge in [-0.1, -0.05) is 12.1 Å². The van der Waals surface area contributed by atoms with E-state index in [2.05, 4.69) is 0 Å². The van der Waals surface area contributed by atoms with E-state index in [9.17, 15) is 4.79 Å². The van der Waals surface area contributed by atoms with Crippen LogP contribution in [0, 0.1) is 0 Å². The van der Waals surface area contributed by atoms with Crippen LogP contribution in [0.3, 0.4) is 0 Å². The number of carbonyl (C=O) groups is 1. The Kier molecular flexibility index (Phi) is 5.82. The van der Waals surface area contributed by atoms with Gasteiger partial charge < -0.3 is 9.64 Å². The number of amides is 1. The third-order valence-corrected chi connectivity index (χ3v) is 2.97. The largest absolute Gasteiger partial charge is 0.383 e. The molecule has 0 atom stereocenters. The first-order chi connectivity index (χ1) is 7.77. The van der Waals surface area contributed by atoms with Crippen LogP contribution in [0.5, 0.6) is 0 Å². The van der Waals surface area contributed by atoms with E-state index in [4.69, 9.17) is 4.74 Å². The standard InChI is InChI=1S/C12H17NO2S/c1-3-5-12(14)13(7-8-15-2)10-11-6-4-9-16-11/h3-6,9H,7-8,10H2,1-2H3. The van der Waals surface area contributed by atoms with Gasteiger partial charge in [0.25, 0.3) is 0 Å². The van der Waals surface area contributed by atoms with Crippen LogP contribution in [-0.4, -0.2) is 31.1 Å². The molecule has 1 aromatic rings. The smallest absolute Gasteiger partial charge is 0.246 e. The minimum atomic E-state index is 0.0351. The van der Waals surface area contributed by atoms with E-state index in [1.165, 1.54) is 4.88 Å². The van der Waals surface area contributed by atoms with Crippen molar-refractivity contribution < 1.29 is 9.53 Å². The van der Waals surface area contributed by atoms with Gasteiger partial charge in [-0.05, 0) is 24.4 Å². The monoisotopic (exact) mass is 239 g/mol. The van der Waals surface area contributed by atoms with E-state index < -0.39 is 0 Å². The molecule has 0 aliphatic heterocycles. The van der Waals surface area contributed by atoms with Gasteiger partial charge in [-0.25, -0.2) is 0 Å². The molecule has 1 rings (SSSR count). The normalized spacial score (nSPS) is 10.9. The predicted octanol–water partition coefficient (Wildman–Crippen LogP) is 2.30. The zero-order valence-electron chi connectivity index (χ0n) is 9.68. The SMILES string of the molecule is CC=CC(=O)N(CCOC)Cc1cccs1. The second-order valence-electron chi connectivity index (χ2n) is 3.33. The first-order valence-corrected chi connectivity index (χ1v) is 6.08. The predicted molar refractivity (Wildman–Crippen MR) is 66.4 cm³/mol. The number of methoxy groups -OCH3 is 1. The Morgan fingerprint density at radius 3 is 3.00 bits per heavy atom. The summed E-state index contributed by atoms with van der Waals surface area (Å²) in [5.41, 5.74) is 0. The molecule has 16 heavy (non-hydrogen) atoms. The molecule has 4 heteroatoms. The maximum absolute atomic E-state index is 11.8. The highest BCUT2D eigenvalue weighted by molar-refractivity contribution is 7.09. The Morgan fingerprint density at radius 1 is 1.62 bits per heavy atom. The van der Waals surface area contributed by atoms with E-state index in [1.807, 2.05) is 24.4 Å². The molecule has 1 amide bonds. The summed E-state index contributed by atoms with van der Waals surface area (Å²) in [6.07, 6.45) is 3.35. The van der Waals surface area contributed by atoms with Crippen molar-refractivity contribution in [3.05, 3.63) is 34.5 Å². The van der Waals surface area contributed by atoms with E-state index in [0.29, 0.717) is 19.7 Å². The Balaban J connectivity index is 2.59. The Morgan fingerprint density at radius 2 is 2.44 bits per heavy atom. The van der Waals surface area contributed by atoms with Crippen LogP contribution in [0.1, 0.15) is 11.8 Å². The molecule has 88 valence electrons. The summed E-state index contributed by atoms with van der Waals surface area (Å²) in [5.74, 6) is 0.0351. The van der Waals surface area contributed by atoms with Gasteiger partial charge in [-0.2, -0.15) is 0 Å². The second-order valence-corrected chi connectivity index (χ2v) is 4.36. The number of carbonyl (C=O) groups excluding carboxylic acids is 1. The number of ether oxygens (including phenoxy) is 1. The van der Waals surface area contributed by atoms with Crippen LogP contribution in [0.4, 0.5) is 0 Å². The van der Waals surface area contributed by atoms with Crippen LogP contribution in [0.2, 0.25) is 0 Å². The van der Waals surface area contributed by atoms with E-state index in [1.54, 1.807) is 35.5 Å². The van der Waals surface area contributed by atoms with E-state index in [0.717, 1.165) is 0 Å². The molecular weight excluding hydrogens is 222 g/mol. The van der Waals surface area contributed by atoms with E-state index in [-0.39, 0.29) is 5.91 Å². The Bertz CT molecular complexity index is 333. The molecule has 0 fully saturated rings. The Hall–Kier alpha value is -1.13. The second kappa shape index (κ2) is 7.19. The summed E-state index contributed by atoms with van der Waals surface area (Å²) in [4.78, 5) is 14.7. The molecule has 0 saturated heterocycles. The number of hydrogen-bond donors (Lipinski definition) is 0. The van der Waals surface area contributed by atoms with Crippen molar-refractivity contribution in [1.29, 1.82) is 0 Å². The average Bonchev–Trinajstić information content (AvgIpc) is 2.77. The number of hydrogen-bond acceptors (Lipinski definition) is 3. The fourth-order valence-corrected chi connectivity index (χ4v) is 2.03. The minimum absolute atomic E-state index is 0.0351. The average molecular weight is 239 g/mol. The zero-order chi connectivity index (χ0) is 11.8. The third kappa shape index (κ3) is 4.16. The molecule has 0 unspecified atom stereocenters. The summed E-state index contributed by atoms with van der Waals surface area (Å²) >= 11 is 1.66. The number of allylic oxidation sites excluding steroid dienone is 1. The molecule has 1 aromatic heterocycles. The van der Waals surface area contributed by atoms with Crippen molar-refractivity contribution in [3.8, 4) is 0 Å². The van der Waals surface area contributed by atoms with Crippen molar-refractivity contribution >= 4 is 17.2 Å². The highest BCUT2D eigenvalue weighted by atomic mass is 32.1. The first-order valence-electron chi connectivity index (χ1n) is 5.21. The number of rotatable bonds is 6. The topological polar surface area (TPSA) is 29.5 Å². The van der Waals surface area contributed by atoms with Gasteiger partial charge in [0, 0.05) is 18.5 Å². The molecule has 0 bridgehead atoms. The molecule has 0 aromatic carbocycles. The van der Waals surface area contributed by atoms with E-state index >= 15 is 0 Å². The fourth-order valence-electron chi connectivity index (χ4n) is 1.31. The molecule has 0 aliphatic carbocycles. The van der Waals surface area contributed by atoms with Gasteiger partial charge in [-0.3, -0.25) is 4.79 Å². The Labute approximate surface area is 100 Å². The number of thiophene rings is 1. The molecule has 0 saturated carbocycles. The maximum atomic E-state index is 11.8. The summed E-state index contributed by atoms with van der Waals surface area (Å²) in [7, 11) is 1.64. The first kappa shape index (κ1) is 12.9. The zero-order valence-corrected chi connectivity index (χ0v) is 10.5. The minimum Gasteiger partial charge on any atom is -0.383 e. The fraction of sp³-hybridized carbons (Fsp3) is 0.417. The molecule has 0 aliphatic rings. The van der Waals surface area contributed by atoms with Crippen LogP contribution in [0.25, 0.3) is 0 Å². The van der Waals surface area contributed by atoms with Gasteiger partial charge in [0.15, 0.2) is 0 Å². The van der Waals surface area contributed by atoms with Crippen molar-refractivity contribution in [1.82, 2.24) is 4.90 Å². The van der Waals surface area contributed by atoms with Crippen LogP contribution < -0.4 is 0 Å². The highest BCUT2D eigenvalue weighted by Gasteiger charge is 2.10. The van der Waals surface area contributed by atoms with Crippen LogP contribution in [-0.2, 0) is 16.1 Å². The third-order valence-electron chi connectivity index (χ3n) is 2.11. The molecule has 1 heterocycles. The van der Waals surface area contributed by atoms with Gasteiger partial charge in [0.1, 0.15) is 0 Å². The van der Waals surface area contributed by atoms with Gasteiger partial charge in [0.2, 0.25) is 5.91 Å². The lowest BCUT2D eigenvalue weighted by molar-refractivity contribution is -0.127. The van der Waals surface area contributed by atoms with Crippen molar-refractivity contribution in [2.75, 3.05) is 20.3 Å². The molecule has 3 nitrogen and oxygen atoms in total. The summed E-state index contributed by atoms with van der Waals surface area (Å²) in [6, 6.07) is 4.03. The van der Waals surface area contributed by atoms with Gasteiger partial charge in [-0.15, -0.1) is 11.3 Å². The van der Waals surface area contributed by atoms with Gasteiger partial charge in [0.05, 0.1) is 13.2 Å². The summed E-state index contributed by atoms with van der Waals surface area (Å²) in [5, 5.41) is 2.02. The molecular formula is C12H17NO2S. The lowest BCUT2D eigenvalue weighted by atomic mass is 10.3. The summed E-state index contributed by atoms with van der Waals surface area (Å²) in [6.45, 7) is 3.69. The van der Waals surface area contributed by atoms with Crippen LogP contribution in [0.15, 0.2) is 29.7 Å². The van der Waals surface area contributed by atoms with Crippen molar-refractivity contribution in [3.63, 3.8) is 0 Å². The quantitative estimate of drug-likeness (QED) is 0.713. The van der Waals surface area contributed by atoms with Gasteiger partial charge >= 0.3 is 0 Å². The van der Waals surface area contributed by atoms with Crippen molar-refractivity contribution in [2.45, 2.75) is 13.5 Å². The maximum Gasteiger partial charge on any atom is 0.246 e. The highest BCUT2D eigenvalue weighted by Crippen LogP contribution is 2.12. The van der Waals surface area contributed by atoms with Crippen molar-refractivity contribution in [2.24, 2.45) is 0 Å². The summed E-state index contributed by atoms with van der Waals surface area (Å²) < 4.78 is 5.01. The van der Waals surface area contributed by atoms with Crippen LogP contribution >= 0.6 is 11.3 Å². The molecule has 0 N–H and O–H groups in total.